The van der Waals surface area contributed by atoms with Gasteiger partial charge in [0, 0.05) is 24.6 Å². The monoisotopic (exact) mass is 316 g/mol. The summed E-state index contributed by atoms with van der Waals surface area (Å²) in [6.07, 6.45) is 0.636. The second-order valence-corrected chi connectivity index (χ2v) is 5.93. The van der Waals surface area contributed by atoms with Crippen LogP contribution >= 0.6 is 0 Å². The Morgan fingerprint density at radius 3 is 2.74 bits per heavy atom. The largest absolute Gasteiger partial charge is 0.460 e. The lowest BCUT2D eigenvalue weighted by molar-refractivity contribution is -0.122. The maximum absolute atomic E-state index is 12.6. The molecule has 23 heavy (non-hydrogen) atoms. The first kappa shape index (κ1) is 15.3. The van der Waals surface area contributed by atoms with Gasteiger partial charge in [0.25, 0.3) is 5.56 Å². The number of amides is 1. The first-order chi connectivity index (χ1) is 10.9. The van der Waals surface area contributed by atoms with Crippen LogP contribution in [0.1, 0.15) is 32.4 Å². The van der Waals surface area contributed by atoms with Crippen LogP contribution in [0.2, 0.25) is 0 Å². The van der Waals surface area contributed by atoms with Gasteiger partial charge in [0.15, 0.2) is 5.58 Å². The molecule has 3 aromatic heterocycles. The molecule has 0 aliphatic rings. The van der Waals surface area contributed by atoms with Crippen molar-refractivity contribution in [3.63, 3.8) is 0 Å². The molecule has 1 N–H and O–H groups in total. The minimum atomic E-state index is -0.301. The van der Waals surface area contributed by atoms with E-state index in [0.717, 1.165) is 11.3 Å². The molecular formula is C16H20N4O3. The van der Waals surface area contributed by atoms with E-state index in [-0.39, 0.29) is 24.1 Å². The van der Waals surface area contributed by atoms with E-state index >= 15 is 0 Å². The Morgan fingerprint density at radius 1 is 1.35 bits per heavy atom. The summed E-state index contributed by atoms with van der Waals surface area (Å²) in [5.41, 5.74) is 1.66. The van der Waals surface area contributed by atoms with Crippen molar-refractivity contribution in [2.45, 2.75) is 46.7 Å². The van der Waals surface area contributed by atoms with E-state index in [1.807, 2.05) is 38.2 Å². The smallest absolute Gasteiger partial charge is 0.291 e. The zero-order valence-corrected chi connectivity index (χ0v) is 13.7. The number of hydrogen-bond acceptors (Lipinski definition) is 4. The van der Waals surface area contributed by atoms with Crippen molar-refractivity contribution < 1.29 is 9.21 Å². The van der Waals surface area contributed by atoms with Gasteiger partial charge >= 0.3 is 0 Å². The number of carbonyl (C=O) groups excluding carboxylic acids is 1. The van der Waals surface area contributed by atoms with Crippen molar-refractivity contribution in [1.29, 1.82) is 0 Å². The summed E-state index contributed by atoms with van der Waals surface area (Å²) in [5.74, 6) is 1.27. The molecule has 122 valence electrons. The molecule has 7 heteroatoms. The molecule has 0 fully saturated rings. The number of aromatic nitrogens is 3. The molecule has 3 rings (SSSR count). The van der Waals surface area contributed by atoms with Crippen molar-refractivity contribution >= 4 is 22.5 Å². The van der Waals surface area contributed by atoms with Gasteiger partial charge in [-0.25, -0.2) is 4.68 Å². The fraction of sp³-hybridized carbons (Fsp3) is 0.438. The average molecular weight is 316 g/mol. The van der Waals surface area contributed by atoms with Gasteiger partial charge in [-0.15, -0.1) is 0 Å². The third kappa shape index (κ3) is 2.62. The third-order valence-corrected chi connectivity index (χ3v) is 3.62. The number of nitrogens with zero attached hydrogens (tertiary/aromatic N) is 3. The summed E-state index contributed by atoms with van der Waals surface area (Å²) >= 11 is 0. The lowest BCUT2D eigenvalue weighted by Crippen LogP contribution is -2.37. The van der Waals surface area contributed by atoms with Crippen molar-refractivity contribution in [1.82, 2.24) is 19.5 Å². The Labute approximate surface area is 132 Å². The van der Waals surface area contributed by atoms with E-state index in [0.29, 0.717) is 23.3 Å². The van der Waals surface area contributed by atoms with Gasteiger partial charge in [-0.3, -0.25) is 14.0 Å². The highest BCUT2D eigenvalue weighted by atomic mass is 16.3. The fourth-order valence-corrected chi connectivity index (χ4v) is 2.75. The second-order valence-electron chi connectivity index (χ2n) is 5.93. The number of aryl methyl sites for hydroxylation is 2. The molecule has 1 amide bonds. The Balaban J connectivity index is 2.16. The van der Waals surface area contributed by atoms with Crippen molar-refractivity contribution in [3.8, 4) is 0 Å². The molecule has 3 aromatic rings. The number of furan rings is 1. The zero-order chi connectivity index (χ0) is 16.7. The Hall–Kier alpha value is -2.57. The first-order valence-corrected chi connectivity index (χ1v) is 7.71. The lowest BCUT2D eigenvalue weighted by Gasteiger charge is -2.11. The van der Waals surface area contributed by atoms with Gasteiger partial charge < -0.3 is 9.73 Å². The van der Waals surface area contributed by atoms with Gasteiger partial charge in [0.2, 0.25) is 5.91 Å². The van der Waals surface area contributed by atoms with E-state index in [2.05, 4.69) is 10.4 Å². The summed E-state index contributed by atoms with van der Waals surface area (Å²) < 4.78 is 8.64. The fourth-order valence-electron chi connectivity index (χ4n) is 2.75. The van der Waals surface area contributed by atoms with Crippen LogP contribution in [0.5, 0.6) is 0 Å². The second kappa shape index (κ2) is 5.57. The van der Waals surface area contributed by atoms with Crippen LogP contribution < -0.4 is 10.9 Å². The van der Waals surface area contributed by atoms with Gasteiger partial charge in [-0.05, 0) is 20.8 Å². The highest BCUT2D eigenvalue weighted by molar-refractivity contribution is 5.83. The Kier molecular flexibility index (Phi) is 3.71. The van der Waals surface area contributed by atoms with Gasteiger partial charge in [-0.2, -0.15) is 5.10 Å². The molecule has 0 spiro atoms. The van der Waals surface area contributed by atoms with Crippen LogP contribution in [0.15, 0.2) is 21.3 Å². The minimum absolute atomic E-state index is 0.0196. The molecule has 0 aromatic carbocycles. The maximum atomic E-state index is 12.6. The molecule has 0 radical (unpaired) electrons. The summed E-state index contributed by atoms with van der Waals surface area (Å²) in [7, 11) is 0. The van der Waals surface area contributed by atoms with Crippen molar-refractivity contribution in [2.75, 3.05) is 0 Å². The quantitative estimate of drug-likeness (QED) is 0.793. The molecule has 0 aliphatic carbocycles. The van der Waals surface area contributed by atoms with Gasteiger partial charge in [-0.1, -0.05) is 6.92 Å². The molecule has 0 saturated heterocycles. The van der Waals surface area contributed by atoms with E-state index in [9.17, 15) is 9.59 Å². The normalized spacial score (nSPS) is 11.7. The Morgan fingerprint density at radius 2 is 2.09 bits per heavy atom. The van der Waals surface area contributed by atoms with Crippen LogP contribution in [0, 0.1) is 6.92 Å². The van der Waals surface area contributed by atoms with Gasteiger partial charge in [0.05, 0.1) is 5.52 Å². The minimum Gasteiger partial charge on any atom is -0.460 e. The number of carbonyl (C=O) groups is 1. The summed E-state index contributed by atoms with van der Waals surface area (Å²) in [6, 6.07) is 3.62. The van der Waals surface area contributed by atoms with Crippen LogP contribution in [0.3, 0.4) is 0 Å². The van der Waals surface area contributed by atoms with Gasteiger partial charge in [0.1, 0.15) is 23.6 Å². The SMILES string of the molecule is CCc1nn(CC(=O)NC(C)C)c(=O)c2cc3oc(C)cc3n12. The number of hydrogen-bond donors (Lipinski definition) is 1. The molecule has 0 aliphatic heterocycles. The average Bonchev–Trinajstić information content (AvgIpc) is 2.97. The molecule has 0 saturated carbocycles. The summed E-state index contributed by atoms with van der Waals surface area (Å²) in [5, 5.41) is 7.13. The summed E-state index contributed by atoms with van der Waals surface area (Å²) in [6.45, 7) is 7.48. The number of fused-ring (bicyclic) bond motifs is 3. The van der Waals surface area contributed by atoms with Crippen LogP contribution in [-0.2, 0) is 17.8 Å². The standard InChI is InChI=1S/C16H20N4O3/c1-5-14-18-19(8-15(21)17-9(2)3)16(22)12-7-13-11(20(12)14)6-10(4)23-13/h6-7,9H,5,8H2,1-4H3,(H,17,21). The van der Waals surface area contributed by atoms with Crippen molar-refractivity contribution in [2.24, 2.45) is 0 Å². The maximum Gasteiger partial charge on any atom is 0.291 e. The lowest BCUT2D eigenvalue weighted by atomic mass is 10.4. The highest BCUT2D eigenvalue weighted by Crippen LogP contribution is 2.23. The van der Waals surface area contributed by atoms with E-state index < -0.39 is 0 Å². The first-order valence-electron chi connectivity index (χ1n) is 7.71. The highest BCUT2D eigenvalue weighted by Gasteiger charge is 2.17. The molecule has 0 bridgehead atoms. The third-order valence-electron chi connectivity index (χ3n) is 3.62. The predicted molar refractivity (Wildman–Crippen MR) is 86.6 cm³/mol. The van der Waals surface area contributed by atoms with E-state index in [4.69, 9.17) is 4.42 Å². The van der Waals surface area contributed by atoms with Crippen LogP contribution in [-0.4, -0.2) is 26.1 Å². The molecular weight excluding hydrogens is 296 g/mol. The van der Waals surface area contributed by atoms with Crippen LogP contribution in [0.4, 0.5) is 0 Å². The molecule has 0 unspecified atom stereocenters. The number of rotatable bonds is 4. The van der Waals surface area contributed by atoms with E-state index in [1.54, 1.807) is 6.07 Å². The molecule has 7 nitrogen and oxygen atoms in total. The van der Waals surface area contributed by atoms with Crippen LogP contribution in [0.25, 0.3) is 16.6 Å². The Bertz CT molecular complexity index is 946. The van der Waals surface area contributed by atoms with E-state index in [1.165, 1.54) is 4.68 Å². The van der Waals surface area contributed by atoms with Crippen molar-refractivity contribution in [3.05, 3.63) is 34.1 Å². The molecule has 0 atom stereocenters. The number of nitrogens with one attached hydrogen (secondary N) is 1. The summed E-state index contributed by atoms with van der Waals surface area (Å²) in [4.78, 5) is 24.6. The zero-order valence-electron chi connectivity index (χ0n) is 13.7. The topological polar surface area (TPSA) is 81.5 Å². The predicted octanol–water partition coefficient (Wildman–Crippen LogP) is 1.64. The molecule has 3 heterocycles.